The van der Waals surface area contributed by atoms with Gasteiger partial charge in [-0.05, 0) is 36.1 Å². The van der Waals surface area contributed by atoms with Crippen LogP contribution in [0.25, 0.3) is 0 Å². The van der Waals surface area contributed by atoms with E-state index in [0.717, 1.165) is 56.1 Å². The Bertz CT molecular complexity index is 683. The molecule has 25 heavy (non-hydrogen) atoms. The zero-order valence-electron chi connectivity index (χ0n) is 14.6. The summed E-state index contributed by atoms with van der Waals surface area (Å²) in [6.07, 6.45) is 3.16. The molecule has 0 unspecified atom stereocenters. The Labute approximate surface area is 156 Å². The first-order chi connectivity index (χ1) is 11.8. The van der Waals surface area contributed by atoms with Crippen molar-refractivity contribution in [2.75, 3.05) is 19.7 Å². The molecule has 2 aromatic carbocycles. The predicted molar refractivity (Wildman–Crippen MR) is 106 cm³/mol. The van der Waals surface area contributed by atoms with Crippen molar-refractivity contribution < 1.29 is 4.74 Å². The summed E-state index contributed by atoms with van der Waals surface area (Å²) in [5.74, 6) is 7.75. The molecule has 5 heteroatoms. The zero-order chi connectivity index (χ0) is 16.8. The monoisotopic (exact) mass is 359 g/mol. The summed E-state index contributed by atoms with van der Waals surface area (Å²) in [5, 5.41) is 1.71. The molecule has 1 aliphatic rings. The molecule has 0 aliphatic carbocycles. The van der Waals surface area contributed by atoms with E-state index in [4.69, 9.17) is 10.6 Å². The average Bonchev–Trinajstić information content (AvgIpc) is 3.03. The molecule has 4 nitrogen and oxygen atoms in total. The number of ether oxygens (including phenoxy) is 1. The second kappa shape index (κ2) is 9.44. The van der Waals surface area contributed by atoms with Gasteiger partial charge < -0.3 is 4.74 Å². The van der Waals surface area contributed by atoms with Crippen molar-refractivity contribution in [2.24, 2.45) is 10.8 Å². The van der Waals surface area contributed by atoms with Gasteiger partial charge in [0.1, 0.15) is 11.6 Å². The Morgan fingerprint density at radius 2 is 1.68 bits per heavy atom. The van der Waals surface area contributed by atoms with Crippen molar-refractivity contribution in [2.45, 2.75) is 26.2 Å². The summed E-state index contributed by atoms with van der Waals surface area (Å²) in [5.41, 5.74) is 3.64. The van der Waals surface area contributed by atoms with E-state index in [1.54, 1.807) is 5.01 Å². The maximum Gasteiger partial charge on any atom is 0.145 e. The van der Waals surface area contributed by atoms with Gasteiger partial charge in [0.05, 0.1) is 19.7 Å². The minimum Gasteiger partial charge on any atom is -0.494 e. The molecule has 0 saturated heterocycles. The molecular formula is C20H26ClN3O. The summed E-state index contributed by atoms with van der Waals surface area (Å²) in [4.78, 5) is 4.44. The van der Waals surface area contributed by atoms with Gasteiger partial charge in [0.2, 0.25) is 0 Å². The van der Waals surface area contributed by atoms with Crippen LogP contribution in [0.1, 0.15) is 36.5 Å². The lowest BCUT2D eigenvalue weighted by atomic mass is 10.0. The van der Waals surface area contributed by atoms with Crippen LogP contribution in [0.15, 0.2) is 53.5 Å². The molecule has 0 saturated carbocycles. The van der Waals surface area contributed by atoms with Crippen molar-refractivity contribution in [3.8, 4) is 5.75 Å². The highest BCUT2D eigenvalue weighted by Gasteiger charge is 2.14. The number of nitrogens with two attached hydrogens (primary N) is 1. The second-order valence-electron chi connectivity index (χ2n) is 6.12. The van der Waals surface area contributed by atoms with Crippen molar-refractivity contribution in [1.82, 2.24) is 5.01 Å². The Balaban J connectivity index is 0.00000225. The van der Waals surface area contributed by atoms with Crippen molar-refractivity contribution >= 4 is 18.2 Å². The molecule has 0 atom stereocenters. The first-order valence-corrected chi connectivity index (χ1v) is 8.64. The van der Waals surface area contributed by atoms with E-state index in [0.29, 0.717) is 0 Å². The van der Waals surface area contributed by atoms with Gasteiger partial charge in [0, 0.05) is 5.56 Å². The molecule has 2 aromatic rings. The minimum atomic E-state index is 0. The molecule has 3 rings (SSSR count). The molecule has 134 valence electrons. The van der Waals surface area contributed by atoms with Crippen LogP contribution in [0.5, 0.6) is 5.75 Å². The number of hydrogen-bond acceptors (Lipinski definition) is 4. The Morgan fingerprint density at radius 3 is 2.24 bits per heavy atom. The number of hydrogen-bond donors (Lipinski definition) is 1. The molecule has 0 amide bonds. The molecule has 0 fully saturated rings. The maximum absolute atomic E-state index is 5.92. The standard InChI is InChI=1S/C20H25N3O.ClH/c1-2-3-14-24-19-10-6-17(7-11-19)15-16-4-8-18(9-5-16)20-22-12-13-23(20)21;/h4-11H,2-3,12-15,21H2,1H3;1H. The van der Waals surface area contributed by atoms with E-state index in [9.17, 15) is 0 Å². The lowest BCUT2D eigenvalue weighted by molar-refractivity contribution is 0.309. The summed E-state index contributed by atoms with van der Waals surface area (Å²) in [6.45, 7) is 4.53. The van der Waals surface area contributed by atoms with Gasteiger partial charge in [-0.25, -0.2) is 5.84 Å². The second-order valence-corrected chi connectivity index (χ2v) is 6.12. The molecule has 0 bridgehead atoms. The number of halogens is 1. The highest BCUT2D eigenvalue weighted by atomic mass is 35.5. The van der Waals surface area contributed by atoms with Gasteiger partial charge in [0.25, 0.3) is 0 Å². The summed E-state index contributed by atoms with van der Waals surface area (Å²) >= 11 is 0. The number of benzene rings is 2. The molecule has 0 spiro atoms. The van der Waals surface area contributed by atoms with Crippen molar-refractivity contribution in [3.63, 3.8) is 0 Å². The van der Waals surface area contributed by atoms with Crippen LogP contribution < -0.4 is 10.6 Å². The van der Waals surface area contributed by atoms with Gasteiger partial charge in [-0.1, -0.05) is 49.7 Å². The molecule has 1 heterocycles. The molecule has 2 N–H and O–H groups in total. The number of aliphatic imine (C=N–C) groups is 1. The van der Waals surface area contributed by atoms with Crippen molar-refractivity contribution in [1.29, 1.82) is 0 Å². The van der Waals surface area contributed by atoms with E-state index in [2.05, 4.69) is 60.4 Å². The predicted octanol–water partition coefficient (Wildman–Crippen LogP) is 3.81. The van der Waals surface area contributed by atoms with Crippen LogP contribution in [-0.2, 0) is 6.42 Å². The normalized spacial score (nSPS) is 13.4. The topological polar surface area (TPSA) is 50.8 Å². The summed E-state index contributed by atoms with van der Waals surface area (Å²) in [7, 11) is 0. The van der Waals surface area contributed by atoms with Crippen LogP contribution in [0.2, 0.25) is 0 Å². The van der Waals surface area contributed by atoms with Crippen LogP contribution in [0.3, 0.4) is 0 Å². The third kappa shape index (κ3) is 5.21. The quantitative estimate of drug-likeness (QED) is 0.604. The number of nitrogens with zero attached hydrogens (tertiary/aromatic N) is 2. The lowest BCUT2D eigenvalue weighted by Gasteiger charge is -2.13. The van der Waals surface area contributed by atoms with Gasteiger partial charge in [-0.2, -0.15) is 0 Å². The number of hydrazine groups is 1. The molecule has 1 aliphatic heterocycles. The van der Waals surface area contributed by atoms with Crippen molar-refractivity contribution in [3.05, 3.63) is 65.2 Å². The van der Waals surface area contributed by atoms with Gasteiger partial charge in [-0.3, -0.25) is 10.0 Å². The molecule has 0 aromatic heterocycles. The maximum atomic E-state index is 5.92. The summed E-state index contributed by atoms with van der Waals surface area (Å²) in [6, 6.07) is 16.9. The van der Waals surface area contributed by atoms with Crippen LogP contribution >= 0.6 is 12.4 Å². The summed E-state index contributed by atoms with van der Waals surface area (Å²) < 4.78 is 5.70. The third-order valence-electron chi connectivity index (χ3n) is 4.18. The van der Waals surface area contributed by atoms with Crippen LogP contribution in [0.4, 0.5) is 0 Å². The average molecular weight is 360 g/mol. The Kier molecular flexibility index (Phi) is 7.29. The first kappa shape index (κ1) is 19.3. The van der Waals surface area contributed by atoms with E-state index in [1.165, 1.54) is 11.1 Å². The highest BCUT2D eigenvalue weighted by Crippen LogP contribution is 2.17. The molecule has 0 radical (unpaired) electrons. The minimum absolute atomic E-state index is 0. The van der Waals surface area contributed by atoms with Gasteiger partial charge in [0.15, 0.2) is 0 Å². The smallest absolute Gasteiger partial charge is 0.145 e. The van der Waals surface area contributed by atoms with Gasteiger partial charge >= 0.3 is 0 Å². The fourth-order valence-corrected chi connectivity index (χ4v) is 2.76. The largest absolute Gasteiger partial charge is 0.494 e. The van der Waals surface area contributed by atoms with E-state index < -0.39 is 0 Å². The Morgan fingerprint density at radius 1 is 1.04 bits per heavy atom. The van der Waals surface area contributed by atoms with E-state index in [-0.39, 0.29) is 12.4 Å². The Hall–Kier alpha value is -2.04. The number of rotatable bonds is 7. The highest BCUT2D eigenvalue weighted by molar-refractivity contribution is 5.99. The van der Waals surface area contributed by atoms with Crippen LogP contribution in [-0.4, -0.2) is 30.5 Å². The lowest BCUT2D eigenvalue weighted by Crippen LogP contribution is -2.34. The fraction of sp³-hybridized carbons (Fsp3) is 0.350. The molecular weight excluding hydrogens is 334 g/mol. The SMILES string of the molecule is CCCCOc1ccc(Cc2ccc(C3=NCCN3N)cc2)cc1.Cl. The third-order valence-corrected chi connectivity index (χ3v) is 4.18. The van der Waals surface area contributed by atoms with E-state index in [1.807, 2.05) is 0 Å². The number of unbranched alkanes of at least 4 members (excludes halogenated alkanes) is 1. The van der Waals surface area contributed by atoms with Gasteiger partial charge in [-0.15, -0.1) is 12.4 Å². The number of amidine groups is 1. The fourth-order valence-electron chi connectivity index (χ4n) is 2.76. The zero-order valence-corrected chi connectivity index (χ0v) is 15.5. The van der Waals surface area contributed by atoms with E-state index >= 15 is 0 Å². The van der Waals surface area contributed by atoms with Crippen LogP contribution in [0, 0.1) is 0 Å². The first-order valence-electron chi connectivity index (χ1n) is 8.64.